The number of nitrogens with one attached hydrogen (secondary N) is 3. The third kappa shape index (κ3) is 6.99. The summed E-state index contributed by atoms with van der Waals surface area (Å²) in [6.07, 6.45) is 0.699. The number of guanidine groups is 1. The molecule has 0 saturated carbocycles. The van der Waals surface area contributed by atoms with Crippen LogP contribution < -0.4 is 16.0 Å². The predicted octanol–water partition coefficient (Wildman–Crippen LogP) is 2.71. The molecular formula is C19H24FIN4O. The van der Waals surface area contributed by atoms with Crippen molar-refractivity contribution < 1.29 is 9.18 Å². The molecule has 1 amide bonds. The lowest BCUT2D eigenvalue weighted by Gasteiger charge is -2.12. The summed E-state index contributed by atoms with van der Waals surface area (Å²) in [6.45, 7) is 1.19. The Balaban J connectivity index is 0.00000338. The average molecular weight is 470 g/mol. The van der Waals surface area contributed by atoms with E-state index in [1.807, 2.05) is 24.3 Å². The van der Waals surface area contributed by atoms with E-state index in [-0.39, 0.29) is 35.7 Å². The topological polar surface area (TPSA) is 65.5 Å². The van der Waals surface area contributed by atoms with Crippen molar-refractivity contribution in [1.82, 2.24) is 16.0 Å². The fraction of sp³-hybridized carbons (Fsp3) is 0.263. The highest BCUT2D eigenvalue weighted by Gasteiger charge is 2.04. The van der Waals surface area contributed by atoms with Crippen molar-refractivity contribution in [3.8, 4) is 0 Å². The van der Waals surface area contributed by atoms with Crippen molar-refractivity contribution in [1.29, 1.82) is 0 Å². The van der Waals surface area contributed by atoms with Crippen LogP contribution in [0.2, 0.25) is 0 Å². The molecule has 0 aromatic heterocycles. The molecule has 0 heterocycles. The van der Waals surface area contributed by atoms with Gasteiger partial charge in [0.15, 0.2) is 5.96 Å². The van der Waals surface area contributed by atoms with E-state index in [1.54, 1.807) is 26.2 Å². The van der Waals surface area contributed by atoms with Gasteiger partial charge in [0, 0.05) is 32.7 Å². The highest BCUT2D eigenvalue weighted by atomic mass is 127. The Morgan fingerprint density at radius 2 is 1.81 bits per heavy atom. The number of nitrogens with zero attached hydrogens (tertiary/aromatic N) is 1. The lowest BCUT2D eigenvalue weighted by Crippen LogP contribution is -2.37. The summed E-state index contributed by atoms with van der Waals surface area (Å²) < 4.78 is 13.2. The van der Waals surface area contributed by atoms with Gasteiger partial charge in [-0.3, -0.25) is 9.79 Å². The lowest BCUT2D eigenvalue weighted by molar-refractivity contribution is 0.0963. The van der Waals surface area contributed by atoms with Crippen molar-refractivity contribution in [3.05, 3.63) is 71.0 Å². The SMILES string of the molecule is CN=C(NCCc1cccc(F)c1)NCc1cccc(C(=O)NC)c1.I. The fourth-order valence-corrected chi connectivity index (χ4v) is 2.39. The number of carbonyl (C=O) groups excluding carboxylic acids is 1. The van der Waals surface area contributed by atoms with Gasteiger partial charge in [-0.15, -0.1) is 24.0 Å². The van der Waals surface area contributed by atoms with E-state index < -0.39 is 0 Å². The third-order valence-electron chi connectivity index (χ3n) is 3.69. The third-order valence-corrected chi connectivity index (χ3v) is 3.69. The van der Waals surface area contributed by atoms with Crippen LogP contribution in [0.5, 0.6) is 0 Å². The number of hydrogen-bond donors (Lipinski definition) is 3. The number of carbonyl (C=O) groups is 1. The maximum atomic E-state index is 13.2. The van der Waals surface area contributed by atoms with Gasteiger partial charge in [0.2, 0.25) is 0 Å². The molecule has 2 rings (SSSR count). The zero-order valence-corrected chi connectivity index (χ0v) is 17.2. The van der Waals surface area contributed by atoms with E-state index in [9.17, 15) is 9.18 Å². The number of benzene rings is 2. The summed E-state index contributed by atoms with van der Waals surface area (Å²) in [6, 6.07) is 14.0. The standard InChI is InChI=1S/C19H23FN4O.HI/c1-21-18(25)16-7-3-6-15(11-16)13-24-19(22-2)23-10-9-14-5-4-8-17(20)12-14;/h3-8,11-12H,9-10,13H2,1-2H3,(H,21,25)(H2,22,23,24);1H. The van der Waals surface area contributed by atoms with Crippen LogP contribution in [0.15, 0.2) is 53.5 Å². The summed E-state index contributed by atoms with van der Waals surface area (Å²) in [4.78, 5) is 15.8. The molecule has 0 spiro atoms. The molecule has 5 nitrogen and oxygen atoms in total. The van der Waals surface area contributed by atoms with E-state index in [1.165, 1.54) is 12.1 Å². The zero-order chi connectivity index (χ0) is 18.1. The fourth-order valence-electron chi connectivity index (χ4n) is 2.39. The minimum Gasteiger partial charge on any atom is -0.356 e. The first-order valence-corrected chi connectivity index (χ1v) is 8.12. The summed E-state index contributed by atoms with van der Waals surface area (Å²) >= 11 is 0. The monoisotopic (exact) mass is 470 g/mol. The van der Waals surface area contributed by atoms with Gasteiger partial charge < -0.3 is 16.0 Å². The summed E-state index contributed by atoms with van der Waals surface area (Å²) in [5.41, 5.74) is 2.53. The first-order valence-electron chi connectivity index (χ1n) is 8.12. The van der Waals surface area contributed by atoms with Crippen LogP contribution in [0.4, 0.5) is 4.39 Å². The molecule has 7 heteroatoms. The largest absolute Gasteiger partial charge is 0.356 e. The Kier molecular flexibility index (Phi) is 9.64. The van der Waals surface area contributed by atoms with Crippen LogP contribution in [-0.4, -0.2) is 32.5 Å². The molecule has 0 unspecified atom stereocenters. The molecule has 0 bridgehead atoms. The van der Waals surface area contributed by atoms with E-state index in [2.05, 4.69) is 20.9 Å². The van der Waals surface area contributed by atoms with Gasteiger partial charge in [0.1, 0.15) is 5.82 Å². The first kappa shape index (κ1) is 21.9. The lowest BCUT2D eigenvalue weighted by atomic mass is 10.1. The summed E-state index contributed by atoms with van der Waals surface area (Å²) in [5, 5.41) is 9.00. The molecule has 0 aliphatic heterocycles. The van der Waals surface area contributed by atoms with Crippen LogP contribution in [0.1, 0.15) is 21.5 Å². The van der Waals surface area contributed by atoms with Crippen LogP contribution in [-0.2, 0) is 13.0 Å². The van der Waals surface area contributed by atoms with Crippen molar-refractivity contribution in [2.24, 2.45) is 4.99 Å². The summed E-state index contributed by atoms with van der Waals surface area (Å²) in [7, 11) is 3.30. The van der Waals surface area contributed by atoms with Crippen molar-refractivity contribution >= 4 is 35.8 Å². The Hall–Kier alpha value is -2.16. The van der Waals surface area contributed by atoms with Crippen molar-refractivity contribution in [2.45, 2.75) is 13.0 Å². The van der Waals surface area contributed by atoms with E-state index in [0.717, 1.165) is 11.1 Å². The molecule has 2 aromatic carbocycles. The van der Waals surface area contributed by atoms with Gasteiger partial charge in [-0.05, 0) is 41.8 Å². The molecule has 0 saturated heterocycles. The second-order valence-corrected chi connectivity index (χ2v) is 5.51. The van der Waals surface area contributed by atoms with E-state index in [0.29, 0.717) is 31.0 Å². The zero-order valence-electron chi connectivity index (χ0n) is 14.9. The second kappa shape index (κ2) is 11.5. The number of amides is 1. The molecule has 140 valence electrons. The molecule has 0 aliphatic rings. The van der Waals surface area contributed by atoms with Gasteiger partial charge >= 0.3 is 0 Å². The maximum Gasteiger partial charge on any atom is 0.251 e. The average Bonchev–Trinajstić information content (AvgIpc) is 2.64. The minimum absolute atomic E-state index is 0. The maximum absolute atomic E-state index is 13.2. The molecule has 0 aliphatic carbocycles. The van der Waals surface area contributed by atoms with E-state index in [4.69, 9.17) is 0 Å². The smallest absolute Gasteiger partial charge is 0.251 e. The molecule has 0 fully saturated rings. The van der Waals surface area contributed by atoms with Gasteiger partial charge in [0.05, 0.1) is 0 Å². The molecule has 2 aromatic rings. The highest BCUT2D eigenvalue weighted by molar-refractivity contribution is 14.0. The van der Waals surface area contributed by atoms with E-state index >= 15 is 0 Å². The quantitative estimate of drug-likeness (QED) is 0.346. The second-order valence-electron chi connectivity index (χ2n) is 5.51. The van der Waals surface area contributed by atoms with Crippen LogP contribution in [0.3, 0.4) is 0 Å². The van der Waals surface area contributed by atoms with Crippen LogP contribution >= 0.6 is 24.0 Å². The molecular weight excluding hydrogens is 446 g/mol. The van der Waals surface area contributed by atoms with Crippen molar-refractivity contribution in [3.63, 3.8) is 0 Å². The molecule has 0 atom stereocenters. The van der Waals surface area contributed by atoms with Crippen molar-refractivity contribution in [2.75, 3.05) is 20.6 Å². The number of hydrogen-bond acceptors (Lipinski definition) is 2. The normalized spacial score (nSPS) is 10.7. The Morgan fingerprint density at radius 1 is 1.08 bits per heavy atom. The molecule has 26 heavy (non-hydrogen) atoms. The van der Waals surface area contributed by atoms with Gasteiger partial charge in [-0.25, -0.2) is 4.39 Å². The number of aliphatic imine (C=N–C) groups is 1. The number of halogens is 2. The molecule has 3 N–H and O–H groups in total. The first-order chi connectivity index (χ1) is 12.1. The van der Waals surface area contributed by atoms with Crippen LogP contribution in [0, 0.1) is 5.82 Å². The number of rotatable bonds is 6. The summed E-state index contributed by atoms with van der Waals surface area (Å²) in [5.74, 6) is 0.317. The predicted molar refractivity (Wildman–Crippen MR) is 114 cm³/mol. The van der Waals surface area contributed by atoms with Crippen LogP contribution in [0.25, 0.3) is 0 Å². The van der Waals surface area contributed by atoms with Gasteiger partial charge in [0.25, 0.3) is 5.91 Å². The molecule has 0 radical (unpaired) electrons. The van der Waals surface area contributed by atoms with Gasteiger partial charge in [-0.1, -0.05) is 24.3 Å². The highest BCUT2D eigenvalue weighted by Crippen LogP contribution is 2.05. The minimum atomic E-state index is -0.226. The van der Waals surface area contributed by atoms with Gasteiger partial charge in [-0.2, -0.15) is 0 Å². The Bertz CT molecular complexity index is 752. The Morgan fingerprint density at radius 3 is 2.50 bits per heavy atom. The Labute approximate surface area is 170 Å².